The second-order valence-electron chi connectivity index (χ2n) is 5.36. The van der Waals surface area contributed by atoms with Gasteiger partial charge in [0, 0.05) is 24.2 Å². The molecule has 1 aliphatic heterocycles. The second kappa shape index (κ2) is 9.47. The highest BCUT2D eigenvalue weighted by Crippen LogP contribution is 2.39. The molecule has 2 rings (SSSR count). The molecule has 0 spiro atoms. The van der Waals surface area contributed by atoms with E-state index in [1.807, 2.05) is 0 Å². The fraction of sp³-hybridized carbons (Fsp3) is 0.562. The van der Waals surface area contributed by atoms with Crippen LogP contribution >= 0.6 is 12.4 Å². The molecule has 130 valence electrons. The number of ether oxygens (including phenoxy) is 3. The normalized spacial score (nSPS) is 16.4. The molecule has 1 amide bonds. The maximum absolute atomic E-state index is 12.1. The molecule has 1 heterocycles. The minimum atomic E-state index is 0. The number of benzene rings is 1. The zero-order valence-corrected chi connectivity index (χ0v) is 14.6. The summed E-state index contributed by atoms with van der Waals surface area (Å²) in [5.74, 6) is 2.17. The third-order valence-electron chi connectivity index (χ3n) is 3.89. The summed E-state index contributed by atoms with van der Waals surface area (Å²) in [5, 5.41) is 6.20. The predicted octanol–water partition coefficient (Wildman–Crippen LogP) is 2.46. The Balaban J connectivity index is 0.00000264. The van der Waals surface area contributed by atoms with Crippen LogP contribution < -0.4 is 24.8 Å². The number of carbonyl (C=O) groups is 1. The summed E-state index contributed by atoms with van der Waals surface area (Å²) in [6.07, 6.45) is 2.57. The molecule has 1 unspecified atom stereocenters. The molecule has 0 saturated carbocycles. The first-order valence-corrected chi connectivity index (χ1v) is 7.48. The van der Waals surface area contributed by atoms with Crippen molar-refractivity contribution in [1.29, 1.82) is 0 Å². The second-order valence-corrected chi connectivity index (χ2v) is 5.36. The van der Waals surface area contributed by atoms with E-state index >= 15 is 0 Å². The van der Waals surface area contributed by atoms with Gasteiger partial charge in [-0.3, -0.25) is 4.79 Å². The van der Waals surface area contributed by atoms with Gasteiger partial charge in [0.05, 0.1) is 21.3 Å². The van der Waals surface area contributed by atoms with Gasteiger partial charge >= 0.3 is 0 Å². The van der Waals surface area contributed by atoms with Gasteiger partial charge in [-0.05, 0) is 31.8 Å². The van der Waals surface area contributed by atoms with E-state index in [4.69, 9.17) is 14.2 Å². The molecule has 0 aliphatic carbocycles. The SMILES string of the molecule is COc1cc(NC(=O)CCC2CCNC2)cc(OC)c1OC.Cl. The van der Waals surface area contributed by atoms with E-state index in [0.29, 0.717) is 35.3 Å². The van der Waals surface area contributed by atoms with Gasteiger partial charge in [-0.15, -0.1) is 12.4 Å². The molecular formula is C16H25ClN2O4. The minimum absolute atomic E-state index is 0. The molecule has 7 heteroatoms. The molecule has 1 aromatic rings. The van der Waals surface area contributed by atoms with Crippen molar-refractivity contribution in [2.75, 3.05) is 39.7 Å². The van der Waals surface area contributed by atoms with E-state index in [-0.39, 0.29) is 18.3 Å². The Morgan fingerprint density at radius 3 is 2.35 bits per heavy atom. The summed E-state index contributed by atoms with van der Waals surface area (Å²) in [6.45, 7) is 2.07. The third-order valence-corrected chi connectivity index (χ3v) is 3.89. The van der Waals surface area contributed by atoms with Gasteiger partial charge in [0.25, 0.3) is 0 Å². The monoisotopic (exact) mass is 344 g/mol. The molecule has 0 aromatic heterocycles. The van der Waals surface area contributed by atoms with Gasteiger partial charge < -0.3 is 24.8 Å². The van der Waals surface area contributed by atoms with Gasteiger partial charge in [0.2, 0.25) is 11.7 Å². The van der Waals surface area contributed by atoms with Crippen molar-refractivity contribution >= 4 is 24.0 Å². The third kappa shape index (κ3) is 5.18. The van der Waals surface area contributed by atoms with Crippen LogP contribution in [0.5, 0.6) is 17.2 Å². The quantitative estimate of drug-likeness (QED) is 0.795. The average Bonchev–Trinajstić information content (AvgIpc) is 3.05. The van der Waals surface area contributed by atoms with E-state index < -0.39 is 0 Å². The highest BCUT2D eigenvalue weighted by molar-refractivity contribution is 5.91. The molecule has 0 radical (unpaired) electrons. The van der Waals surface area contributed by atoms with Crippen molar-refractivity contribution in [3.05, 3.63) is 12.1 Å². The van der Waals surface area contributed by atoms with Crippen LogP contribution in [0.2, 0.25) is 0 Å². The smallest absolute Gasteiger partial charge is 0.224 e. The number of hydrogen-bond acceptors (Lipinski definition) is 5. The summed E-state index contributed by atoms with van der Waals surface area (Å²) < 4.78 is 15.8. The summed E-state index contributed by atoms with van der Waals surface area (Å²) in [4.78, 5) is 12.1. The van der Waals surface area contributed by atoms with Crippen LogP contribution in [0.15, 0.2) is 12.1 Å². The summed E-state index contributed by atoms with van der Waals surface area (Å²) in [6, 6.07) is 3.47. The number of carbonyl (C=O) groups excluding carboxylic acids is 1. The Morgan fingerprint density at radius 2 is 1.87 bits per heavy atom. The van der Waals surface area contributed by atoms with Crippen molar-refractivity contribution in [2.24, 2.45) is 5.92 Å². The lowest BCUT2D eigenvalue weighted by Gasteiger charge is -2.15. The van der Waals surface area contributed by atoms with Crippen molar-refractivity contribution < 1.29 is 19.0 Å². The molecule has 1 saturated heterocycles. The van der Waals surface area contributed by atoms with Crippen LogP contribution in [0, 0.1) is 5.92 Å². The Labute approximate surface area is 143 Å². The standard InChI is InChI=1S/C16H24N2O4.ClH/c1-20-13-8-12(9-14(21-2)16(13)22-3)18-15(19)5-4-11-6-7-17-10-11;/h8-9,11,17H,4-7,10H2,1-3H3,(H,18,19);1H. The van der Waals surface area contributed by atoms with E-state index in [2.05, 4.69) is 10.6 Å². The van der Waals surface area contributed by atoms with Crippen molar-refractivity contribution in [1.82, 2.24) is 5.32 Å². The molecule has 1 fully saturated rings. The van der Waals surface area contributed by atoms with Crippen LogP contribution in [0.4, 0.5) is 5.69 Å². The predicted molar refractivity (Wildman–Crippen MR) is 92.2 cm³/mol. The van der Waals surface area contributed by atoms with Crippen molar-refractivity contribution in [3.8, 4) is 17.2 Å². The van der Waals surface area contributed by atoms with Crippen LogP contribution in [-0.4, -0.2) is 40.3 Å². The molecule has 1 aromatic carbocycles. The summed E-state index contributed by atoms with van der Waals surface area (Å²) in [5.41, 5.74) is 0.643. The molecule has 1 atom stereocenters. The van der Waals surface area contributed by atoms with E-state index in [1.54, 1.807) is 33.5 Å². The lowest BCUT2D eigenvalue weighted by Crippen LogP contribution is -2.15. The molecule has 6 nitrogen and oxygen atoms in total. The fourth-order valence-electron chi connectivity index (χ4n) is 2.67. The zero-order chi connectivity index (χ0) is 15.9. The number of nitrogens with one attached hydrogen (secondary N) is 2. The first-order chi connectivity index (χ1) is 10.7. The van der Waals surface area contributed by atoms with Crippen LogP contribution in [0.1, 0.15) is 19.3 Å². The number of amides is 1. The Kier molecular flexibility index (Phi) is 7.98. The first-order valence-electron chi connectivity index (χ1n) is 7.48. The Hall–Kier alpha value is -1.66. The van der Waals surface area contributed by atoms with Crippen LogP contribution in [0.25, 0.3) is 0 Å². The topological polar surface area (TPSA) is 68.8 Å². The van der Waals surface area contributed by atoms with Crippen LogP contribution in [-0.2, 0) is 4.79 Å². The molecule has 2 N–H and O–H groups in total. The lowest BCUT2D eigenvalue weighted by molar-refractivity contribution is -0.116. The van der Waals surface area contributed by atoms with Gasteiger partial charge in [-0.25, -0.2) is 0 Å². The molecule has 0 bridgehead atoms. The molecular weight excluding hydrogens is 320 g/mol. The van der Waals surface area contributed by atoms with Gasteiger partial charge in [-0.2, -0.15) is 0 Å². The fourth-order valence-corrected chi connectivity index (χ4v) is 2.67. The van der Waals surface area contributed by atoms with E-state index in [9.17, 15) is 4.79 Å². The Bertz CT molecular complexity index is 494. The highest BCUT2D eigenvalue weighted by atomic mass is 35.5. The number of anilines is 1. The maximum Gasteiger partial charge on any atom is 0.224 e. The summed E-state index contributed by atoms with van der Waals surface area (Å²) in [7, 11) is 4.65. The molecule has 23 heavy (non-hydrogen) atoms. The minimum Gasteiger partial charge on any atom is -0.493 e. The maximum atomic E-state index is 12.1. The van der Waals surface area contributed by atoms with Crippen molar-refractivity contribution in [2.45, 2.75) is 19.3 Å². The number of hydrogen-bond donors (Lipinski definition) is 2. The van der Waals surface area contributed by atoms with Crippen molar-refractivity contribution in [3.63, 3.8) is 0 Å². The van der Waals surface area contributed by atoms with Gasteiger partial charge in [-0.1, -0.05) is 0 Å². The van der Waals surface area contributed by atoms with E-state index in [1.165, 1.54) is 0 Å². The van der Waals surface area contributed by atoms with E-state index in [0.717, 1.165) is 25.9 Å². The number of rotatable bonds is 7. The zero-order valence-electron chi connectivity index (χ0n) is 13.8. The molecule has 1 aliphatic rings. The van der Waals surface area contributed by atoms with Gasteiger partial charge in [0.15, 0.2) is 11.5 Å². The largest absolute Gasteiger partial charge is 0.493 e. The number of halogens is 1. The van der Waals surface area contributed by atoms with Gasteiger partial charge in [0.1, 0.15) is 0 Å². The average molecular weight is 345 g/mol. The Morgan fingerprint density at radius 1 is 1.22 bits per heavy atom. The summed E-state index contributed by atoms with van der Waals surface area (Å²) >= 11 is 0. The highest BCUT2D eigenvalue weighted by Gasteiger charge is 2.17. The first kappa shape index (κ1) is 19.4. The van der Waals surface area contributed by atoms with Crippen LogP contribution in [0.3, 0.4) is 0 Å². The lowest BCUT2D eigenvalue weighted by atomic mass is 10.0. The number of methoxy groups -OCH3 is 3.